The molecule has 5 nitrogen and oxygen atoms in total. The van der Waals surface area contributed by atoms with E-state index < -0.39 is 11.9 Å². The number of aliphatic carboxylic acids is 1. The number of hydrogen-bond acceptors (Lipinski definition) is 3. The van der Waals surface area contributed by atoms with Crippen molar-refractivity contribution in [3.05, 3.63) is 20.8 Å². The molecule has 1 atom stereocenters. The molecular formula is C13H17BrN2O3S. The Kier molecular flexibility index (Phi) is 5.04. The summed E-state index contributed by atoms with van der Waals surface area (Å²) in [7, 11) is 1.75. The standard InChI is InChI=1S/C13H17BrN2O3S/c1-15(7-11-5-10(14)8-20-11)13(19)16-4-2-3-9(6-16)12(17)18/h5,8-9H,2-4,6-7H2,1H3,(H,17,18)/t9-/m0/s1. The van der Waals surface area contributed by atoms with E-state index in [1.54, 1.807) is 28.2 Å². The third-order valence-electron chi connectivity index (χ3n) is 3.38. The maximum Gasteiger partial charge on any atom is 0.320 e. The number of urea groups is 1. The lowest BCUT2D eigenvalue weighted by Gasteiger charge is -2.33. The second-order valence-electron chi connectivity index (χ2n) is 4.99. The van der Waals surface area contributed by atoms with Crippen LogP contribution in [0.1, 0.15) is 17.7 Å². The van der Waals surface area contributed by atoms with Crippen LogP contribution in [0, 0.1) is 5.92 Å². The molecule has 1 fully saturated rings. The number of carboxylic acids is 1. The van der Waals surface area contributed by atoms with Crippen LogP contribution in [0.3, 0.4) is 0 Å². The number of rotatable bonds is 3. The summed E-state index contributed by atoms with van der Waals surface area (Å²) in [6.45, 7) is 1.50. The first kappa shape index (κ1) is 15.3. The van der Waals surface area contributed by atoms with E-state index in [9.17, 15) is 9.59 Å². The number of nitrogens with zero attached hydrogens (tertiary/aromatic N) is 2. The molecule has 1 N–H and O–H groups in total. The van der Waals surface area contributed by atoms with Gasteiger partial charge >= 0.3 is 12.0 Å². The zero-order chi connectivity index (χ0) is 14.7. The summed E-state index contributed by atoms with van der Waals surface area (Å²) in [5, 5.41) is 11.0. The van der Waals surface area contributed by atoms with E-state index in [1.165, 1.54) is 0 Å². The zero-order valence-electron chi connectivity index (χ0n) is 11.2. The van der Waals surface area contributed by atoms with Gasteiger partial charge in [-0.05, 0) is 34.8 Å². The molecule has 1 aromatic heterocycles. The van der Waals surface area contributed by atoms with Crippen LogP contribution in [0.5, 0.6) is 0 Å². The van der Waals surface area contributed by atoms with Crippen LogP contribution >= 0.6 is 27.3 Å². The molecule has 0 aromatic carbocycles. The van der Waals surface area contributed by atoms with Crippen molar-refractivity contribution in [3.8, 4) is 0 Å². The predicted molar refractivity (Wildman–Crippen MR) is 80.8 cm³/mol. The minimum absolute atomic E-state index is 0.0968. The number of halogens is 1. The number of likely N-dealkylation sites (tertiary alicyclic amines) is 1. The van der Waals surface area contributed by atoms with E-state index in [1.807, 2.05) is 11.4 Å². The molecule has 1 saturated heterocycles. The molecule has 110 valence electrons. The van der Waals surface area contributed by atoms with Gasteiger partial charge in [0.15, 0.2) is 0 Å². The van der Waals surface area contributed by atoms with Gasteiger partial charge in [-0.15, -0.1) is 11.3 Å². The molecule has 0 spiro atoms. The lowest BCUT2D eigenvalue weighted by molar-refractivity contribution is -0.143. The number of amides is 2. The molecule has 0 unspecified atom stereocenters. The van der Waals surface area contributed by atoms with Gasteiger partial charge in [-0.25, -0.2) is 4.79 Å². The van der Waals surface area contributed by atoms with Crippen molar-refractivity contribution in [2.75, 3.05) is 20.1 Å². The monoisotopic (exact) mass is 360 g/mol. The Hall–Kier alpha value is -1.08. The summed E-state index contributed by atoms with van der Waals surface area (Å²) in [6, 6.07) is 1.89. The molecule has 1 aromatic rings. The summed E-state index contributed by atoms with van der Waals surface area (Å²) in [5.74, 6) is -1.25. The van der Waals surface area contributed by atoms with Crippen molar-refractivity contribution in [2.24, 2.45) is 5.92 Å². The van der Waals surface area contributed by atoms with Gasteiger partial charge in [-0.3, -0.25) is 4.79 Å². The Balaban J connectivity index is 1.94. The van der Waals surface area contributed by atoms with E-state index in [2.05, 4.69) is 15.9 Å². The third-order valence-corrected chi connectivity index (χ3v) is 5.06. The lowest BCUT2D eigenvalue weighted by Crippen LogP contribution is -2.47. The van der Waals surface area contributed by atoms with Crippen LogP contribution < -0.4 is 0 Å². The van der Waals surface area contributed by atoms with Gasteiger partial charge < -0.3 is 14.9 Å². The SMILES string of the molecule is CN(Cc1cc(Br)cs1)C(=O)N1CCC[C@H](C(=O)O)C1. The highest BCUT2D eigenvalue weighted by molar-refractivity contribution is 9.10. The van der Waals surface area contributed by atoms with Crippen molar-refractivity contribution in [1.82, 2.24) is 9.80 Å². The minimum atomic E-state index is -0.813. The van der Waals surface area contributed by atoms with Gasteiger partial charge in [0.1, 0.15) is 0 Å². The predicted octanol–water partition coefficient (Wildman–Crippen LogP) is 2.86. The topological polar surface area (TPSA) is 60.9 Å². The third kappa shape index (κ3) is 3.73. The van der Waals surface area contributed by atoms with Crippen molar-refractivity contribution >= 4 is 39.3 Å². The average molecular weight is 361 g/mol. The molecule has 2 heterocycles. The van der Waals surface area contributed by atoms with Gasteiger partial charge in [0.05, 0.1) is 12.5 Å². The number of piperidine rings is 1. The molecule has 0 bridgehead atoms. The number of thiophene rings is 1. The van der Waals surface area contributed by atoms with Crippen LogP contribution in [-0.2, 0) is 11.3 Å². The number of carbonyl (C=O) groups is 2. The summed E-state index contributed by atoms with van der Waals surface area (Å²) < 4.78 is 1.02. The van der Waals surface area contributed by atoms with Crippen molar-refractivity contribution in [1.29, 1.82) is 0 Å². The molecule has 20 heavy (non-hydrogen) atoms. The molecule has 1 aliphatic heterocycles. The maximum absolute atomic E-state index is 12.3. The van der Waals surface area contributed by atoms with Gasteiger partial charge in [0.2, 0.25) is 0 Å². The van der Waals surface area contributed by atoms with Gasteiger partial charge in [-0.2, -0.15) is 0 Å². The highest BCUT2D eigenvalue weighted by Gasteiger charge is 2.29. The van der Waals surface area contributed by atoms with E-state index in [4.69, 9.17) is 5.11 Å². The highest BCUT2D eigenvalue weighted by Crippen LogP contribution is 2.22. The van der Waals surface area contributed by atoms with Gasteiger partial charge in [-0.1, -0.05) is 0 Å². The Morgan fingerprint density at radius 3 is 2.95 bits per heavy atom. The fraction of sp³-hybridized carbons (Fsp3) is 0.538. The molecule has 2 amide bonds. The maximum atomic E-state index is 12.3. The lowest BCUT2D eigenvalue weighted by atomic mass is 9.99. The van der Waals surface area contributed by atoms with Crippen molar-refractivity contribution < 1.29 is 14.7 Å². The van der Waals surface area contributed by atoms with Crippen LogP contribution in [0.4, 0.5) is 4.79 Å². The van der Waals surface area contributed by atoms with Crippen molar-refractivity contribution in [2.45, 2.75) is 19.4 Å². The summed E-state index contributed by atoms with van der Waals surface area (Å²) in [4.78, 5) is 27.7. The van der Waals surface area contributed by atoms with E-state index in [0.717, 1.165) is 15.8 Å². The normalized spacial score (nSPS) is 18.9. The molecular weight excluding hydrogens is 344 g/mol. The molecule has 7 heteroatoms. The first-order chi connectivity index (χ1) is 9.47. The average Bonchev–Trinajstić information content (AvgIpc) is 2.83. The Morgan fingerprint density at radius 2 is 2.35 bits per heavy atom. The van der Waals surface area contributed by atoms with E-state index in [-0.39, 0.29) is 6.03 Å². The number of carboxylic acid groups (broad SMARTS) is 1. The largest absolute Gasteiger partial charge is 0.481 e. The van der Waals surface area contributed by atoms with E-state index in [0.29, 0.717) is 26.1 Å². The van der Waals surface area contributed by atoms with Gasteiger partial charge in [0, 0.05) is 34.9 Å². The quantitative estimate of drug-likeness (QED) is 0.901. The fourth-order valence-corrected chi connectivity index (χ4v) is 3.84. The molecule has 2 rings (SSSR count). The molecule has 0 saturated carbocycles. The fourth-order valence-electron chi connectivity index (χ4n) is 2.33. The van der Waals surface area contributed by atoms with Crippen LogP contribution in [0.25, 0.3) is 0 Å². The van der Waals surface area contributed by atoms with Gasteiger partial charge in [0.25, 0.3) is 0 Å². The first-order valence-electron chi connectivity index (χ1n) is 6.43. The van der Waals surface area contributed by atoms with E-state index >= 15 is 0 Å². The summed E-state index contributed by atoms with van der Waals surface area (Å²) >= 11 is 4.98. The van der Waals surface area contributed by atoms with Crippen molar-refractivity contribution in [3.63, 3.8) is 0 Å². The smallest absolute Gasteiger partial charge is 0.320 e. The molecule has 1 aliphatic rings. The second kappa shape index (κ2) is 6.58. The second-order valence-corrected chi connectivity index (χ2v) is 6.90. The Morgan fingerprint density at radius 1 is 1.60 bits per heavy atom. The summed E-state index contributed by atoms with van der Waals surface area (Å²) in [6.07, 6.45) is 1.40. The highest BCUT2D eigenvalue weighted by atomic mass is 79.9. The Bertz CT molecular complexity index is 506. The molecule has 0 aliphatic carbocycles. The van der Waals surface area contributed by atoms with Crippen LogP contribution in [0.15, 0.2) is 15.9 Å². The summed E-state index contributed by atoms with van der Waals surface area (Å²) in [5.41, 5.74) is 0. The number of hydrogen-bond donors (Lipinski definition) is 1. The Labute approximate surface area is 130 Å². The zero-order valence-corrected chi connectivity index (χ0v) is 13.6. The first-order valence-corrected chi connectivity index (χ1v) is 8.10. The number of carbonyl (C=O) groups excluding carboxylic acids is 1. The van der Waals surface area contributed by atoms with Crippen LogP contribution in [0.2, 0.25) is 0 Å². The molecule has 0 radical (unpaired) electrons. The van der Waals surface area contributed by atoms with Crippen LogP contribution in [-0.4, -0.2) is 47.0 Å². The minimum Gasteiger partial charge on any atom is -0.481 e.